The summed E-state index contributed by atoms with van der Waals surface area (Å²) in [5.41, 5.74) is 4.30. The van der Waals surface area contributed by atoms with Crippen LogP contribution in [-0.4, -0.2) is 27.6 Å². The molecule has 114 valence electrons. The van der Waals surface area contributed by atoms with Gasteiger partial charge in [-0.05, 0) is 44.0 Å². The van der Waals surface area contributed by atoms with Gasteiger partial charge in [0.2, 0.25) is 0 Å². The first-order chi connectivity index (χ1) is 9.97. The van der Waals surface area contributed by atoms with Gasteiger partial charge in [0, 0.05) is 10.7 Å². The molecule has 0 unspecified atom stereocenters. The first kappa shape index (κ1) is 16.0. The van der Waals surface area contributed by atoms with Gasteiger partial charge in [-0.2, -0.15) is 5.10 Å². The van der Waals surface area contributed by atoms with Gasteiger partial charge >= 0.3 is 0 Å². The van der Waals surface area contributed by atoms with Crippen LogP contribution in [0.3, 0.4) is 0 Å². The summed E-state index contributed by atoms with van der Waals surface area (Å²) in [5, 5.41) is 15.2. The fourth-order valence-corrected chi connectivity index (χ4v) is 2.24. The van der Waals surface area contributed by atoms with Crippen molar-refractivity contribution >= 4 is 11.6 Å². The van der Waals surface area contributed by atoms with Crippen LogP contribution < -0.4 is 0 Å². The predicted octanol–water partition coefficient (Wildman–Crippen LogP) is 3.04. The third-order valence-corrected chi connectivity index (χ3v) is 3.87. The van der Waals surface area contributed by atoms with Crippen LogP contribution in [0.2, 0.25) is 5.02 Å². The number of aliphatic hydroxyl groups excluding tert-OH is 1. The zero-order chi connectivity index (χ0) is 15.4. The second kappa shape index (κ2) is 7.07. The van der Waals surface area contributed by atoms with Crippen molar-refractivity contribution in [2.24, 2.45) is 0 Å². The van der Waals surface area contributed by atoms with Crippen LogP contribution in [0.4, 0.5) is 0 Å². The second-order valence-electron chi connectivity index (χ2n) is 5.27. The highest BCUT2D eigenvalue weighted by Gasteiger charge is 2.11. The fraction of sp³-hybridized carbons (Fsp3) is 0.438. The minimum absolute atomic E-state index is 0.278. The molecular formula is C16H21ClN2O2. The molecule has 1 N–H and O–H groups in total. The van der Waals surface area contributed by atoms with E-state index in [1.54, 1.807) is 0 Å². The summed E-state index contributed by atoms with van der Waals surface area (Å²) >= 11 is 5.83. The molecule has 1 aromatic carbocycles. The summed E-state index contributed by atoms with van der Waals surface area (Å²) in [6, 6.07) is 7.49. The lowest BCUT2D eigenvalue weighted by molar-refractivity contribution is 0.0184. The van der Waals surface area contributed by atoms with Crippen LogP contribution in [0.1, 0.15) is 22.5 Å². The normalized spacial score (nSPS) is 12.6. The molecule has 0 fully saturated rings. The van der Waals surface area contributed by atoms with E-state index in [4.69, 9.17) is 16.3 Å². The first-order valence-electron chi connectivity index (χ1n) is 6.98. The number of hydrogen-bond donors (Lipinski definition) is 1. The van der Waals surface area contributed by atoms with Gasteiger partial charge in [-0.25, -0.2) is 0 Å². The van der Waals surface area contributed by atoms with E-state index in [-0.39, 0.29) is 6.61 Å². The van der Waals surface area contributed by atoms with E-state index in [0.29, 0.717) is 18.2 Å². The van der Waals surface area contributed by atoms with Gasteiger partial charge in [0.05, 0.1) is 31.6 Å². The molecule has 0 spiro atoms. The highest BCUT2D eigenvalue weighted by atomic mass is 35.5. The van der Waals surface area contributed by atoms with Crippen molar-refractivity contribution in [2.75, 3.05) is 6.61 Å². The Labute approximate surface area is 130 Å². The molecule has 0 radical (unpaired) electrons. The molecule has 0 saturated heterocycles. The van der Waals surface area contributed by atoms with Gasteiger partial charge < -0.3 is 9.84 Å². The molecule has 0 amide bonds. The molecule has 1 heterocycles. The maximum Gasteiger partial charge on any atom is 0.0969 e. The Balaban J connectivity index is 1.80. The maximum absolute atomic E-state index is 10.0. The van der Waals surface area contributed by atoms with Gasteiger partial charge in [-0.3, -0.25) is 4.68 Å². The Hall–Kier alpha value is -1.36. The van der Waals surface area contributed by atoms with Gasteiger partial charge in [0.1, 0.15) is 0 Å². The van der Waals surface area contributed by atoms with E-state index in [1.807, 2.05) is 49.7 Å². The summed E-state index contributed by atoms with van der Waals surface area (Å²) in [4.78, 5) is 0. The van der Waals surface area contributed by atoms with Crippen molar-refractivity contribution in [3.05, 3.63) is 51.8 Å². The average molecular weight is 309 g/mol. The monoisotopic (exact) mass is 308 g/mol. The molecule has 0 aliphatic carbocycles. The van der Waals surface area contributed by atoms with Crippen molar-refractivity contribution in [2.45, 2.75) is 40.0 Å². The summed E-state index contributed by atoms with van der Waals surface area (Å²) in [5.74, 6) is 0. The molecule has 21 heavy (non-hydrogen) atoms. The molecule has 0 saturated carbocycles. The van der Waals surface area contributed by atoms with Crippen molar-refractivity contribution in [1.29, 1.82) is 0 Å². The maximum atomic E-state index is 10.0. The Kier molecular flexibility index (Phi) is 5.39. The number of halogens is 1. The average Bonchev–Trinajstić information content (AvgIpc) is 2.68. The molecule has 2 aromatic rings. The zero-order valence-electron chi connectivity index (χ0n) is 12.6. The first-order valence-corrected chi connectivity index (χ1v) is 7.36. The van der Waals surface area contributed by atoms with Gasteiger partial charge in [-0.1, -0.05) is 23.7 Å². The van der Waals surface area contributed by atoms with E-state index in [2.05, 4.69) is 5.10 Å². The summed E-state index contributed by atoms with van der Waals surface area (Å²) < 4.78 is 7.37. The minimum atomic E-state index is -0.574. The van der Waals surface area contributed by atoms with E-state index >= 15 is 0 Å². The number of rotatable bonds is 6. The van der Waals surface area contributed by atoms with Crippen LogP contribution >= 0.6 is 11.6 Å². The van der Waals surface area contributed by atoms with Crippen molar-refractivity contribution in [3.63, 3.8) is 0 Å². The molecule has 0 bridgehead atoms. The third-order valence-electron chi connectivity index (χ3n) is 3.62. The van der Waals surface area contributed by atoms with Gasteiger partial charge in [0.25, 0.3) is 0 Å². The summed E-state index contributed by atoms with van der Waals surface area (Å²) in [6.07, 6.45) is -0.574. The van der Waals surface area contributed by atoms with Crippen molar-refractivity contribution < 1.29 is 9.84 Å². The summed E-state index contributed by atoms with van der Waals surface area (Å²) in [7, 11) is 0. The molecule has 4 nitrogen and oxygen atoms in total. The number of ether oxygens (including phenoxy) is 1. The van der Waals surface area contributed by atoms with Crippen LogP contribution in [0.25, 0.3) is 0 Å². The number of benzene rings is 1. The quantitative estimate of drug-likeness (QED) is 0.892. The lowest BCUT2D eigenvalue weighted by Crippen LogP contribution is -2.23. The van der Waals surface area contributed by atoms with E-state index in [1.165, 1.54) is 5.56 Å². The summed E-state index contributed by atoms with van der Waals surface area (Å²) in [6.45, 7) is 7.21. The van der Waals surface area contributed by atoms with E-state index in [9.17, 15) is 5.11 Å². The number of aryl methyl sites for hydroxylation is 1. The number of hydrogen-bond acceptors (Lipinski definition) is 3. The lowest BCUT2D eigenvalue weighted by atomic mass is 10.2. The van der Waals surface area contributed by atoms with Crippen molar-refractivity contribution in [3.8, 4) is 0 Å². The van der Waals surface area contributed by atoms with Crippen LogP contribution in [0.5, 0.6) is 0 Å². The molecule has 0 aliphatic heterocycles. The second-order valence-corrected chi connectivity index (χ2v) is 5.71. The number of nitrogens with zero attached hydrogens (tertiary/aromatic N) is 2. The number of aliphatic hydroxyl groups is 1. The van der Waals surface area contributed by atoms with Gasteiger partial charge in [0.15, 0.2) is 0 Å². The van der Waals surface area contributed by atoms with Crippen LogP contribution in [0.15, 0.2) is 24.3 Å². The van der Waals surface area contributed by atoms with Gasteiger partial charge in [-0.15, -0.1) is 0 Å². The van der Waals surface area contributed by atoms with Crippen LogP contribution in [-0.2, 0) is 17.9 Å². The smallest absolute Gasteiger partial charge is 0.0969 e. The molecule has 1 atom stereocenters. The zero-order valence-corrected chi connectivity index (χ0v) is 13.4. The Morgan fingerprint density at radius 3 is 2.48 bits per heavy atom. The van der Waals surface area contributed by atoms with E-state index in [0.717, 1.165) is 17.0 Å². The largest absolute Gasteiger partial charge is 0.389 e. The van der Waals surface area contributed by atoms with Crippen LogP contribution in [0, 0.1) is 20.8 Å². The Bertz CT molecular complexity index is 593. The minimum Gasteiger partial charge on any atom is -0.389 e. The lowest BCUT2D eigenvalue weighted by Gasteiger charge is -2.13. The highest BCUT2D eigenvalue weighted by Crippen LogP contribution is 2.12. The molecule has 1 aromatic heterocycles. The standard InChI is InChI=1S/C16H21ClN2O2/c1-11-12(2)18-19(13(11)3)8-16(20)10-21-9-14-4-6-15(17)7-5-14/h4-7,16,20H,8-10H2,1-3H3/t16-/m0/s1. The molecule has 5 heteroatoms. The predicted molar refractivity (Wildman–Crippen MR) is 83.6 cm³/mol. The SMILES string of the molecule is Cc1nn(C[C@H](O)COCc2ccc(Cl)cc2)c(C)c1C. The number of aromatic nitrogens is 2. The fourth-order valence-electron chi connectivity index (χ4n) is 2.11. The Morgan fingerprint density at radius 1 is 1.24 bits per heavy atom. The molecule has 2 rings (SSSR count). The van der Waals surface area contributed by atoms with E-state index < -0.39 is 6.10 Å². The molecule has 0 aliphatic rings. The Morgan fingerprint density at radius 2 is 1.90 bits per heavy atom. The van der Waals surface area contributed by atoms with Crippen molar-refractivity contribution in [1.82, 2.24) is 9.78 Å². The third kappa shape index (κ3) is 4.30. The topological polar surface area (TPSA) is 47.3 Å². The highest BCUT2D eigenvalue weighted by molar-refractivity contribution is 6.30. The molecular weight excluding hydrogens is 288 g/mol.